The highest BCUT2D eigenvalue weighted by Gasteiger charge is 2.20. The monoisotopic (exact) mass is 246 g/mol. The molecule has 0 bridgehead atoms. The number of anilines is 1. The molecule has 1 fully saturated rings. The average Bonchev–Trinajstić information content (AvgIpc) is 2.66. The summed E-state index contributed by atoms with van der Waals surface area (Å²) in [6.07, 6.45) is 0. The topological polar surface area (TPSA) is 54.2 Å². The van der Waals surface area contributed by atoms with Gasteiger partial charge in [-0.3, -0.25) is 0 Å². The van der Waals surface area contributed by atoms with Gasteiger partial charge < -0.3 is 14.7 Å². The summed E-state index contributed by atoms with van der Waals surface area (Å²) < 4.78 is 5.19. The van der Waals surface area contributed by atoms with E-state index in [9.17, 15) is 0 Å². The smallest absolute Gasteiger partial charge is 0.266 e. The summed E-state index contributed by atoms with van der Waals surface area (Å²) in [5.41, 5.74) is 0. The summed E-state index contributed by atoms with van der Waals surface area (Å²) >= 11 is 0. The van der Waals surface area contributed by atoms with E-state index in [-0.39, 0.29) is 12.4 Å². The number of piperazine rings is 1. The quantitative estimate of drug-likeness (QED) is 0.855. The third-order valence-corrected chi connectivity index (χ3v) is 2.58. The second-order valence-electron chi connectivity index (χ2n) is 4.39. The molecule has 0 unspecified atom stereocenters. The van der Waals surface area contributed by atoms with Crippen molar-refractivity contribution in [3.8, 4) is 0 Å². The van der Waals surface area contributed by atoms with Gasteiger partial charge in [0.05, 0.1) is 0 Å². The number of halogens is 1. The Labute approximate surface area is 102 Å². The maximum Gasteiger partial charge on any atom is 0.266 e. The Kier molecular flexibility index (Phi) is 4.56. The summed E-state index contributed by atoms with van der Waals surface area (Å²) in [5, 5.41) is 7.39. The molecule has 2 heterocycles. The van der Waals surface area contributed by atoms with Gasteiger partial charge in [-0.1, -0.05) is 13.8 Å². The van der Waals surface area contributed by atoms with Gasteiger partial charge in [0.1, 0.15) is 0 Å². The standard InChI is InChI=1S/C10H18N4O.ClH/c1-7(2)9-12-10(13-15-9)14-5-4-11-8(3)6-14;/h7-8,11H,4-6H2,1-3H3;1H/t8-;/m1./s1. The first-order valence-corrected chi connectivity index (χ1v) is 5.48. The molecule has 1 aromatic heterocycles. The Bertz CT molecular complexity index is 328. The summed E-state index contributed by atoms with van der Waals surface area (Å²) in [4.78, 5) is 6.55. The van der Waals surface area contributed by atoms with Gasteiger partial charge in [0.2, 0.25) is 5.89 Å². The predicted octanol–water partition coefficient (Wildman–Crippen LogP) is 1.41. The molecule has 92 valence electrons. The number of hydrogen-bond donors (Lipinski definition) is 1. The van der Waals surface area contributed by atoms with E-state index in [0.717, 1.165) is 31.5 Å². The fraction of sp³-hybridized carbons (Fsp3) is 0.800. The average molecular weight is 247 g/mol. The highest BCUT2D eigenvalue weighted by atomic mass is 35.5. The van der Waals surface area contributed by atoms with Crippen molar-refractivity contribution in [1.29, 1.82) is 0 Å². The first-order valence-electron chi connectivity index (χ1n) is 5.48. The molecule has 1 aliphatic rings. The van der Waals surface area contributed by atoms with Crippen LogP contribution in [0.4, 0.5) is 5.95 Å². The minimum absolute atomic E-state index is 0. The maximum absolute atomic E-state index is 5.19. The molecular formula is C10H19ClN4O. The third-order valence-electron chi connectivity index (χ3n) is 2.58. The van der Waals surface area contributed by atoms with Crippen molar-refractivity contribution in [3.05, 3.63) is 5.89 Å². The summed E-state index contributed by atoms with van der Waals surface area (Å²) in [6, 6.07) is 0.486. The van der Waals surface area contributed by atoms with Crippen LogP contribution >= 0.6 is 12.4 Å². The first-order chi connectivity index (χ1) is 7.16. The normalized spacial score (nSPS) is 21.0. The zero-order valence-corrected chi connectivity index (χ0v) is 10.8. The second-order valence-corrected chi connectivity index (χ2v) is 4.39. The summed E-state index contributed by atoms with van der Waals surface area (Å²) in [7, 11) is 0. The molecule has 1 saturated heterocycles. The van der Waals surface area contributed by atoms with Gasteiger partial charge in [-0.25, -0.2) is 0 Å². The van der Waals surface area contributed by atoms with Crippen molar-refractivity contribution in [2.75, 3.05) is 24.5 Å². The van der Waals surface area contributed by atoms with Gasteiger partial charge in [0, 0.05) is 31.6 Å². The number of nitrogens with zero attached hydrogens (tertiary/aromatic N) is 3. The molecule has 5 nitrogen and oxygen atoms in total. The molecule has 1 aromatic rings. The van der Waals surface area contributed by atoms with Crippen LogP contribution in [0.2, 0.25) is 0 Å². The maximum atomic E-state index is 5.19. The molecular weight excluding hydrogens is 228 g/mol. The van der Waals surface area contributed by atoms with Crippen LogP contribution in [0, 0.1) is 0 Å². The van der Waals surface area contributed by atoms with E-state index >= 15 is 0 Å². The van der Waals surface area contributed by atoms with Crippen LogP contribution in [-0.4, -0.2) is 35.8 Å². The molecule has 1 N–H and O–H groups in total. The lowest BCUT2D eigenvalue weighted by Crippen LogP contribution is -2.49. The molecule has 0 radical (unpaired) electrons. The molecule has 0 saturated carbocycles. The van der Waals surface area contributed by atoms with Crippen LogP contribution in [-0.2, 0) is 0 Å². The molecule has 0 aromatic carbocycles. The fourth-order valence-electron chi connectivity index (χ4n) is 1.70. The first kappa shape index (κ1) is 13.3. The SMILES string of the molecule is CC(C)c1nc(N2CCN[C@H](C)C2)no1.Cl. The van der Waals surface area contributed by atoms with Crippen molar-refractivity contribution in [2.24, 2.45) is 0 Å². The van der Waals surface area contributed by atoms with E-state index in [0.29, 0.717) is 12.0 Å². The lowest BCUT2D eigenvalue weighted by Gasteiger charge is -2.30. The molecule has 16 heavy (non-hydrogen) atoms. The fourth-order valence-corrected chi connectivity index (χ4v) is 1.70. The predicted molar refractivity (Wildman–Crippen MR) is 65.3 cm³/mol. The van der Waals surface area contributed by atoms with Crippen molar-refractivity contribution < 1.29 is 4.52 Å². The van der Waals surface area contributed by atoms with Gasteiger partial charge in [-0.05, 0) is 12.1 Å². The number of hydrogen-bond acceptors (Lipinski definition) is 5. The minimum Gasteiger partial charge on any atom is -0.337 e. The van der Waals surface area contributed by atoms with E-state index in [1.54, 1.807) is 0 Å². The Morgan fingerprint density at radius 3 is 2.81 bits per heavy atom. The van der Waals surface area contributed by atoms with Crippen LogP contribution in [0.25, 0.3) is 0 Å². The summed E-state index contributed by atoms with van der Waals surface area (Å²) in [5.74, 6) is 1.75. The highest BCUT2D eigenvalue weighted by molar-refractivity contribution is 5.85. The zero-order chi connectivity index (χ0) is 10.8. The number of aromatic nitrogens is 2. The van der Waals surface area contributed by atoms with Crippen LogP contribution in [0.3, 0.4) is 0 Å². The zero-order valence-electron chi connectivity index (χ0n) is 9.93. The van der Waals surface area contributed by atoms with Gasteiger partial charge in [0.15, 0.2) is 0 Å². The third kappa shape index (κ3) is 2.86. The Morgan fingerprint density at radius 2 is 2.25 bits per heavy atom. The molecule has 0 spiro atoms. The van der Waals surface area contributed by atoms with Crippen LogP contribution in [0.1, 0.15) is 32.6 Å². The minimum atomic E-state index is 0. The number of nitrogens with one attached hydrogen (secondary N) is 1. The van der Waals surface area contributed by atoms with E-state index in [1.165, 1.54) is 0 Å². The van der Waals surface area contributed by atoms with Crippen molar-refractivity contribution >= 4 is 18.4 Å². The lowest BCUT2D eigenvalue weighted by molar-refractivity contribution is 0.362. The van der Waals surface area contributed by atoms with Crippen LogP contribution in [0.15, 0.2) is 4.52 Å². The van der Waals surface area contributed by atoms with Gasteiger partial charge >= 0.3 is 0 Å². The van der Waals surface area contributed by atoms with Gasteiger partial charge in [0.25, 0.3) is 5.95 Å². The van der Waals surface area contributed by atoms with Crippen molar-refractivity contribution in [1.82, 2.24) is 15.5 Å². The Balaban J connectivity index is 0.00000128. The summed E-state index contributed by atoms with van der Waals surface area (Å²) in [6.45, 7) is 9.14. The lowest BCUT2D eigenvalue weighted by atomic mass is 10.2. The van der Waals surface area contributed by atoms with E-state index < -0.39 is 0 Å². The van der Waals surface area contributed by atoms with Gasteiger partial charge in [-0.2, -0.15) is 4.98 Å². The molecule has 1 aliphatic heterocycles. The van der Waals surface area contributed by atoms with Crippen LogP contribution < -0.4 is 10.2 Å². The second kappa shape index (κ2) is 5.50. The molecule has 1 atom stereocenters. The van der Waals surface area contributed by atoms with E-state index in [4.69, 9.17) is 4.52 Å². The molecule has 6 heteroatoms. The molecule has 2 rings (SSSR count). The Hall–Kier alpha value is -0.810. The number of rotatable bonds is 2. The molecule has 0 amide bonds. The van der Waals surface area contributed by atoms with Crippen molar-refractivity contribution in [3.63, 3.8) is 0 Å². The van der Waals surface area contributed by atoms with E-state index in [1.807, 2.05) is 0 Å². The highest BCUT2D eigenvalue weighted by Crippen LogP contribution is 2.16. The Morgan fingerprint density at radius 1 is 1.50 bits per heavy atom. The van der Waals surface area contributed by atoms with Crippen molar-refractivity contribution in [2.45, 2.75) is 32.7 Å². The van der Waals surface area contributed by atoms with Crippen LogP contribution in [0.5, 0.6) is 0 Å². The van der Waals surface area contributed by atoms with Gasteiger partial charge in [-0.15, -0.1) is 12.4 Å². The largest absolute Gasteiger partial charge is 0.337 e. The van der Waals surface area contributed by atoms with E-state index in [2.05, 4.69) is 41.1 Å². The molecule has 0 aliphatic carbocycles.